The van der Waals surface area contributed by atoms with Crippen molar-refractivity contribution in [1.82, 2.24) is 4.72 Å². The lowest BCUT2D eigenvalue weighted by molar-refractivity contribution is 0.168. The molecule has 0 fully saturated rings. The van der Waals surface area contributed by atoms with Crippen molar-refractivity contribution < 1.29 is 17.9 Å². The van der Waals surface area contributed by atoms with Crippen LogP contribution in [0.25, 0.3) is 0 Å². The molecule has 1 aromatic carbocycles. The number of rotatable bonds is 7. The van der Waals surface area contributed by atoms with Crippen LogP contribution in [0.1, 0.15) is 26.7 Å². The molecule has 0 heterocycles. The minimum absolute atomic E-state index is 0.114. The molecule has 0 spiro atoms. The zero-order valence-corrected chi connectivity index (χ0v) is 12.5. The minimum Gasteiger partial charge on any atom is -0.450 e. The standard InChI is InChI=1S/C13H20N2O4S/c1-3-5-9-14-20(17,18)12-8-6-7-11(10-12)15-13(16)19-4-2/h6-8,10,14H,3-5,9H2,1-2H3,(H,15,16). The SMILES string of the molecule is CCCCNS(=O)(=O)c1cccc(NC(=O)OCC)c1. The molecule has 0 radical (unpaired) electrons. The fourth-order valence-electron chi connectivity index (χ4n) is 1.49. The third-order valence-electron chi connectivity index (χ3n) is 2.49. The van der Waals surface area contributed by atoms with Gasteiger partial charge >= 0.3 is 6.09 Å². The lowest BCUT2D eigenvalue weighted by Gasteiger charge is -2.09. The van der Waals surface area contributed by atoms with Crippen molar-refractivity contribution in [2.24, 2.45) is 0 Å². The van der Waals surface area contributed by atoms with Crippen LogP contribution in [0.5, 0.6) is 0 Å². The summed E-state index contributed by atoms with van der Waals surface area (Å²) in [7, 11) is -3.55. The van der Waals surface area contributed by atoms with Crippen molar-refractivity contribution in [3.8, 4) is 0 Å². The van der Waals surface area contributed by atoms with Crippen molar-refractivity contribution in [3.63, 3.8) is 0 Å². The molecule has 0 aliphatic carbocycles. The highest BCUT2D eigenvalue weighted by molar-refractivity contribution is 7.89. The molecular formula is C13H20N2O4S. The van der Waals surface area contributed by atoms with Gasteiger partial charge in [0, 0.05) is 12.2 Å². The van der Waals surface area contributed by atoms with Crippen molar-refractivity contribution >= 4 is 21.8 Å². The van der Waals surface area contributed by atoms with Crippen LogP contribution in [0.4, 0.5) is 10.5 Å². The van der Waals surface area contributed by atoms with E-state index in [1.807, 2.05) is 6.92 Å². The van der Waals surface area contributed by atoms with E-state index in [9.17, 15) is 13.2 Å². The van der Waals surface area contributed by atoms with E-state index in [1.54, 1.807) is 19.1 Å². The van der Waals surface area contributed by atoms with Crippen molar-refractivity contribution in [1.29, 1.82) is 0 Å². The Morgan fingerprint density at radius 1 is 1.30 bits per heavy atom. The Morgan fingerprint density at radius 2 is 2.05 bits per heavy atom. The van der Waals surface area contributed by atoms with Gasteiger partial charge in [0.05, 0.1) is 11.5 Å². The maximum atomic E-state index is 12.0. The van der Waals surface area contributed by atoms with Gasteiger partial charge in [-0.3, -0.25) is 5.32 Å². The third kappa shape index (κ3) is 5.18. The maximum absolute atomic E-state index is 12.0. The molecule has 0 aliphatic heterocycles. The van der Waals surface area contributed by atoms with Gasteiger partial charge in [-0.2, -0.15) is 0 Å². The molecule has 1 rings (SSSR count). The summed E-state index contributed by atoms with van der Waals surface area (Å²) in [6.07, 6.45) is 1.08. The molecule has 0 bridgehead atoms. The summed E-state index contributed by atoms with van der Waals surface area (Å²) in [6, 6.07) is 6.04. The molecule has 6 nitrogen and oxygen atoms in total. The maximum Gasteiger partial charge on any atom is 0.411 e. The highest BCUT2D eigenvalue weighted by atomic mass is 32.2. The van der Waals surface area contributed by atoms with E-state index in [1.165, 1.54) is 12.1 Å². The van der Waals surface area contributed by atoms with E-state index in [0.29, 0.717) is 12.2 Å². The van der Waals surface area contributed by atoms with Gasteiger partial charge in [0.2, 0.25) is 10.0 Å². The molecule has 20 heavy (non-hydrogen) atoms. The van der Waals surface area contributed by atoms with E-state index in [2.05, 4.69) is 10.0 Å². The Labute approximate surface area is 119 Å². The smallest absolute Gasteiger partial charge is 0.411 e. The largest absolute Gasteiger partial charge is 0.450 e. The first-order valence-corrected chi connectivity index (χ1v) is 8.01. The van der Waals surface area contributed by atoms with E-state index >= 15 is 0 Å². The Balaban J connectivity index is 2.79. The molecule has 2 N–H and O–H groups in total. The zero-order valence-electron chi connectivity index (χ0n) is 11.7. The number of ether oxygens (including phenoxy) is 1. The van der Waals surface area contributed by atoms with E-state index in [0.717, 1.165) is 12.8 Å². The first kappa shape index (κ1) is 16.5. The lowest BCUT2D eigenvalue weighted by Crippen LogP contribution is -2.24. The number of carbonyl (C=O) groups is 1. The summed E-state index contributed by atoms with van der Waals surface area (Å²) >= 11 is 0. The molecule has 0 saturated heterocycles. The Bertz CT molecular complexity index is 543. The summed E-state index contributed by atoms with van der Waals surface area (Å²) < 4.78 is 31.3. The van der Waals surface area contributed by atoms with Crippen molar-refractivity contribution in [2.45, 2.75) is 31.6 Å². The number of anilines is 1. The van der Waals surface area contributed by atoms with Gasteiger partial charge in [-0.1, -0.05) is 19.4 Å². The highest BCUT2D eigenvalue weighted by Gasteiger charge is 2.14. The molecule has 1 aromatic rings. The monoisotopic (exact) mass is 300 g/mol. The van der Waals surface area contributed by atoms with Crippen LogP contribution in [0.15, 0.2) is 29.2 Å². The Morgan fingerprint density at radius 3 is 2.70 bits per heavy atom. The molecule has 0 unspecified atom stereocenters. The number of hydrogen-bond acceptors (Lipinski definition) is 4. The van der Waals surface area contributed by atoms with Crippen LogP contribution in [-0.2, 0) is 14.8 Å². The van der Waals surface area contributed by atoms with Crippen LogP contribution in [-0.4, -0.2) is 27.7 Å². The van der Waals surface area contributed by atoms with Crippen LogP contribution in [0.2, 0.25) is 0 Å². The van der Waals surface area contributed by atoms with Crippen LogP contribution in [0.3, 0.4) is 0 Å². The van der Waals surface area contributed by atoms with E-state index in [-0.39, 0.29) is 11.5 Å². The van der Waals surface area contributed by atoms with Crippen LogP contribution < -0.4 is 10.0 Å². The van der Waals surface area contributed by atoms with Crippen LogP contribution in [0, 0.1) is 0 Å². The number of nitrogens with one attached hydrogen (secondary N) is 2. The predicted molar refractivity (Wildman–Crippen MR) is 77.2 cm³/mol. The van der Waals surface area contributed by atoms with Crippen LogP contribution >= 0.6 is 0 Å². The summed E-state index contributed by atoms with van der Waals surface area (Å²) in [4.78, 5) is 11.4. The zero-order chi connectivity index (χ0) is 15.0. The predicted octanol–water partition coefficient (Wildman–Crippen LogP) is 2.33. The molecular weight excluding hydrogens is 280 g/mol. The number of unbranched alkanes of at least 4 members (excludes halogenated alkanes) is 1. The second-order valence-corrected chi connectivity index (χ2v) is 5.89. The summed E-state index contributed by atoms with van der Waals surface area (Å²) in [6.45, 7) is 4.33. The van der Waals surface area contributed by atoms with E-state index in [4.69, 9.17) is 4.74 Å². The lowest BCUT2D eigenvalue weighted by atomic mass is 10.3. The first-order chi connectivity index (χ1) is 9.49. The average molecular weight is 300 g/mol. The van der Waals surface area contributed by atoms with Gasteiger partial charge in [0.25, 0.3) is 0 Å². The van der Waals surface area contributed by atoms with Gasteiger partial charge in [-0.25, -0.2) is 17.9 Å². The molecule has 112 valence electrons. The normalized spacial score (nSPS) is 11.1. The summed E-state index contributed by atoms with van der Waals surface area (Å²) in [5.41, 5.74) is 0.377. The molecule has 7 heteroatoms. The van der Waals surface area contributed by atoms with E-state index < -0.39 is 16.1 Å². The van der Waals surface area contributed by atoms with Gasteiger partial charge in [-0.15, -0.1) is 0 Å². The molecule has 0 aliphatic rings. The number of hydrogen-bond donors (Lipinski definition) is 2. The quantitative estimate of drug-likeness (QED) is 0.757. The number of sulfonamides is 1. The Hall–Kier alpha value is -1.60. The fraction of sp³-hybridized carbons (Fsp3) is 0.462. The number of carbonyl (C=O) groups excluding carboxylic acids is 1. The first-order valence-electron chi connectivity index (χ1n) is 6.53. The molecule has 0 atom stereocenters. The minimum atomic E-state index is -3.55. The molecule has 0 aromatic heterocycles. The topological polar surface area (TPSA) is 84.5 Å². The molecule has 0 saturated carbocycles. The van der Waals surface area contributed by atoms with Gasteiger partial charge in [0.1, 0.15) is 0 Å². The number of benzene rings is 1. The van der Waals surface area contributed by atoms with Crippen molar-refractivity contribution in [2.75, 3.05) is 18.5 Å². The van der Waals surface area contributed by atoms with Gasteiger partial charge in [-0.05, 0) is 31.5 Å². The third-order valence-corrected chi connectivity index (χ3v) is 3.95. The second-order valence-electron chi connectivity index (χ2n) is 4.12. The fourth-order valence-corrected chi connectivity index (χ4v) is 2.61. The van der Waals surface area contributed by atoms with Gasteiger partial charge < -0.3 is 4.74 Å². The highest BCUT2D eigenvalue weighted by Crippen LogP contribution is 2.15. The summed E-state index contributed by atoms with van der Waals surface area (Å²) in [5, 5.41) is 2.47. The average Bonchev–Trinajstić information content (AvgIpc) is 2.39. The molecule has 1 amide bonds. The van der Waals surface area contributed by atoms with Gasteiger partial charge in [0.15, 0.2) is 0 Å². The Kier molecular flexibility index (Phi) is 6.47. The van der Waals surface area contributed by atoms with Crippen molar-refractivity contribution in [3.05, 3.63) is 24.3 Å². The summed E-state index contributed by atoms with van der Waals surface area (Å²) in [5.74, 6) is 0. The second kappa shape index (κ2) is 7.86. The number of amides is 1.